The Kier molecular flexibility index (Phi) is 8.18. The van der Waals surface area contributed by atoms with E-state index in [1.54, 1.807) is 19.1 Å². The first-order valence-corrected chi connectivity index (χ1v) is 11.6. The van der Waals surface area contributed by atoms with Crippen molar-refractivity contribution in [2.75, 3.05) is 19.4 Å². The van der Waals surface area contributed by atoms with Gasteiger partial charge in [-0.25, -0.2) is 12.7 Å². The number of benzene rings is 2. The Morgan fingerprint density at radius 1 is 1.00 bits per heavy atom. The third kappa shape index (κ3) is 6.39. The van der Waals surface area contributed by atoms with Crippen molar-refractivity contribution < 1.29 is 13.2 Å². The standard InChI is InChI=1S/C23H33N3O3S/c1-16(2)14-19-10-12-20(13-11-19)17(3)24-18(4)23(27)25-21-8-7-9-22(15-21)30(28,29)26(5)6/h7-13,15-18,24H,14H2,1-6H3,(H,25,27)/t17-,18+/m0/s1. The number of carbonyl (C=O) groups excluding carboxylic acids is 1. The van der Waals surface area contributed by atoms with Gasteiger partial charge in [0.1, 0.15) is 0 Å². The van der Waals surface area contributed by atoms with Gasteiger partial charge in [0.05, 0.1) is 10.9 Å². The molecule has 30 heavy (non-hydrogen) atoms. The molecule has 0 aliphatic heterocycles. The Labute approximate surface area is 180 Å². The maximum Gasteiger partial charge on any atom is 0.242 e. The molecule has 7 heteroatoms. The van der Waals surface area contributed by atoms with E-state index in [0.29, 0.717) is 11.6 Å². The van der Waals surface area contributed by atoms with Crippen LogP contribution >= 0.6 is 0 Å². The van der Waals surface area contributed by atoms with Gasteiger partial charge in [-0.3, -0.25) is 10.1 Å². The summed E-state index contributed by atoms with van der Waals surface area (Å²) in [6.07, 6.45) is 1.05. The van der Waals surface area contributed by atoms with Crippen molar-refractivity contribution in [1.82, 2.24) is 9.62 Å². The second-order valence-corrected chi connectivity index (χ2v) is 10.4. The summed E-state index contributed by atoms with van der Waals surface area (Å²) in [5.41, 5.74) is 2.86. The summed E-state index contributed by atoms with van der Waals surface area (Å²) in [5, 5.41) is 6.10. The predicted octanol–water partition coefficient (Wildman–Crippen LogP) is 3.81. The summed E-state index contributed by atoms with van der Waals surface area (Å²) >= 11 is 0. The Bertz CT molecular complexity index is 954. The zero-order valence-electron chi connectivity index (χ0n) is 18.6. The van der Waals surface area contributed by atoms with Crippen LogP contribution in [0.4, 0.5) is 5.69 Å². The Balaban J connectivity index is 2.01. The molecule has 0 saturated heterocycles. The fourth-order valence-electron chi connectivity index (χ4n) is 3.16. The SMILES string of the molecule is CC(C)Cc1ccc([C@H](C)N[C@H](C)C(=O)Nc2cccc(S(=O)(=O)N(C)C)c2)cc1. The Hall–Kier alpha value is -2.22. The summed E-state index contributed by atoms with van der Waals surface area (Å²) in [6.45, 7) is 8.21. The molecule has 0 saturated carbocycles. The smallest absolute Gasteiger partial charge is 0.242 e. The van der Waals surface area contributed by atoms with Crippen molar-refractivity contribution in [3.05, 3.63) is 59.7 Å². The highest BCUT2D eigenvalue weighted by atomic mass is 32.2. The summed E-state index contributed by atoms with van der Waals surface area (Å²) in [6, 6.07) is 14.3. The van der Waals surface area contributed by atoms with Crippen LogP contribution in [-0.4, -0.2) is 38.8 Å². The number of nitrogens with zero attached hydrogens (tertiary/aromatic N) is 1. The lowest BCUT2D eigenvalue weighted by molar-refractivity contribution is -0.117. The molecule has 0 aliphatic carbocycles. The monoisotopic (exact) mass is 431 g/mol. The van der Waals surface area contributed by atoms with Crippen molar-refractivity contribution >= 4 is 21.6 Å². The molecule has 0 aliphatic rings. The lowest BCUT2D eigenvalue weighted by Gasteiger charge is -2.20. The second kappa shape index (κ2) is 10.2. The lowest BCUT2D eigenvalue weighted by Crippen LogP contribution is -2.39. The quantitative estimate of drug-likeness (QED) is 0.633. The molecule has 2 atom stereocenters. The van der Waals surface area contributed by atoms with E-state index in [-0.39, 0.29) is 16.8 Å². The number of anilines is 1. The van der Waals surface area contributed by atoms with Gasteiger partial charge in [-0.15, -0.1) is 0 Å². The fourth-order valence-corrected chi connectivity index (χ4v) is 4.10. The van der Waals surface area contributed by atoms with Crippen LogP contribution in [0.25, 0.3) is 0 Å². The molecule has 6 nitrogen and oxygen atoms in total. The normalized spacial score (nSPS) is 14.0. The molecule has 0 fully saturated rings. The molecule has 0 unspecified atom stereocenters. The Morgan fingerprint density at radius 3 is 2.20 bits per heavy atom. The van der Waals surface area contributed by atoms with Gasteiger partial charge in [0, 0.05) is 25.8 Å². The average molecular weight is 432 g/mol. The van der Waals surface area contributed by atoms with Crippen molar-refractivity contribution in [3.63, 3.8) is 0 Å². The van der Waals surface area contributed by atoms with Gasteiger partial charge in [0.15, 0.2) is 0 Å². The first-order chi connectivity index (χ1) is 14.0. The first-order valence-electron chi connectivity index (χ1n) is 10.2. The van der Waals surface area contributed by atoms with Gasteiger partial charge in [0.2, 0.25) is 15.9 Å². The zero-order chi connectivity index (χ0) is 22.5. The van der Waals surface area contributed by atoms with E-state index >= 15 is 0 Å². The highest BCUT2D eigenvalue weighted by Crippen LogP contribution is 2.19. The molecular weight excluding hydrogens is 398 g/mol. The number of amides is 1. The van der Waals surface area contributed by atoms with E-state index < -0.39 is 16.1 Å². The molecule has 0 bridgehead atoms. The van der Waals surface area contributed by atoms with Crippen LogP contribution < -0.4 is 10.6 Å². The summed E-state index contributed by atoms with van der Waals surface area (Å²) in [7, 11) is -0.604. The maximum absolute atomic E-state index is 12.6. The number of carbonyl (C=O) groups is 1. The minimum absolute atomic E-state index is 0.000645. The van der Waals surface area contributed by atoms with E-state index in [9.17, 15) is 13.2 Å². The molecule has 164 valence electrons. The van der Waals surface area contributed by atoms with E-state index in [1.807, 2.05) is 6.92 Å². The first kappa shape index (κ1) is 24.1. The Morgan fingerprint density at radius 2 is 1.63 bits per heavy atom. The number of hydrogen-bond acceptors (Lipinski definition) is 4. The molecule has 0 aromatic heterocycles. The largest absolute Gasteiger partial charge is 0.325 e. The lowest BCUT2D eigenvalue weighted by atomic mass is 9.99. The fraction of sp³-hybridized carbons (Fsp3) is 0.435. The molecular formula is C23H33N3O3S. The highest BCUT2D eigenvalue weighted by molar-refractivity contribution is 7.89. The van der Waals surface area contributed by atoms with Crippen LogP contribution in [0.15, 0.2) is 53.4 Å². The molecule has 2 aromatic carbocycles. The van der Waals surface area contributed by atoms with Crippen molar-refractivity contribution in [1.29, 1.82) is 0 Å². The van der Waals surface area contributed by atoms with E-state index in [4.69, 9.17) is 0 Å². The zero-order valence-corrected chi connectivity index (χ0v) is 19.5. The van der Waals surface area contributed by atoms with Gasteiger partial charge >= 0.3 is 0 Å². The molecule has 1 amide bonds. The minimum Gasteiger partial charge on any atom is -0.325 e. The van der Waals surface area contributed by atoms with Crippen LogP contribution in [0.2, 0.25) is 0 Å². The van der Waals surface area contributed by atoms with Gasteiger partial charge in [-0.2, -0.15) is 0 Å². The number of sulfonamides is 1. The molecule has 2 N–H and O–H groups in total. The number of hydrogen-bond donors (Lipinski definition) is 2. The van der Waals surface area contributed by atoms with Gasteiger partial charge in [0.25, 0.3) is 0 Å². The average Bonchev–Trinajstić information content (AvgIpc) is 2.68. The summed E-state index contributed by atoms with van der Waals surface area (Å²) in [5.74, 6) is 0.388. The second-order valence-electron chi connectivity index (χ2n) is 8.25. The van der Waals surface area contributed by atoms with Crippen LogP contribution in [0, 0.1) is 5.92 Å². The highest BCUT2D eigenvalue weighted by Gasteiger charge is 2.20. The number of nitrogens with one attached hydrogen (secondary N) is 2. The van der Waals surface area contributed by atoms with Crippen LogP contribution in [-0.2, 0) is 21.2 Å². The molecule has 0 spiro atoms. The van der Waals surface area contributed by atoms with E-state index in [2.05, 4.69) is 48.7 Å². The van der Waals surface area contributed by atoms with Gasteiger partial charge in [-0.05, 0) is 55.5 Å². The minimum atomic E-state index is -3.56. The molecule has 0 radical (unpaired) electrons. The molecule has 2 rings (SSSR count). The van der Waals surface area contributed by atoms with Gasteiger partial charge < -0.3 is 5.32 Å². The summed E-state index contributed by atoms with van der Waals surface area (Å²) in [4.78, 5) is 12.8. The topological polar surface area (TPSA) is 78.5 Å². The van der Waals surface area contributed by atoms with Crippen molar-refractivity contribution in [2.45, 2.75) is 51.1 Å². The third-order valence-corrected chi connectivity index (χ3v) is 6.71. The van der Waals surface area contributed by atoms with E-state index in [0.717, 1.165) is 16.3 Å². The predicted molar refractivity (Wildman–Crippen MR) is 122 cm³/mol. The van der Waals surface area contributed by atoms with Crippen molar-refractivity contribution in [2.24, 2.45) is 5.92 Å². The van der Waals surface area contributed by atoms with Crippen LogP contribution in [0.3, 0.4) is 0 Å². The molecule has 0 heterocycles. The maximum atomic E-state index is 12.6. The van der Waals surface area contributed by atoms with E-state index in [1.165, 1.54) is 31.8 Å². The number of rotatable bonds is 9. The van der Waals surface area contributed by atoms with Gasteiger partial charge in [-0.1, -0.05) is 44.2 Å². The van der Waals surface area contributed by atoms with Crippen LogP contribution in [0.5, 0.6) is 0 Å². The van der Waals surface area contributed by atoms with Crippen molar-refractivity contribution in [3.8, 4) is 0 Å². The van der Waals surface area contributed by atoms with Crippen LogP contribution in [0.1, 0.15) is 44.9 Å². The third-order valence-electron chi connectivity index (χ3n) is 4.90. The summed E-state index contributed by atoms with van der Waals surface area (Å²) < 4.78 is 25.7. The molecule has 2 aromatic rings.